The van der Waals surface area contributed by atoms with Crippen molar-refractivity contribution in [3.8, 4) is 0 Å². The smallest absolute Gasteiger partial charge is 0.100 e. The predicted octanol–water partition coefficient (Wildman–Crippen LogP) is 1.93. The van der Waals surface area contributed by atoms with Gasteiger partial charge in [0.25, 0.3) is 0 Å². The van der Waals surface area contributed by atoms with E-state index in [1.54, 1.807) is 0 Å². The molecule has 8 heavy (non-hydrogen) atoms. The lowest BCUT2D eigenvalue weighted by Crippen LogP contribution is -2.04. The molecule has 0 bridgehead atoms. The molecular formula is C6H11NS. The van der Waals surface area contributed by atoms with Crippen LogP contribution in [0.1, 0.15) is 20.8 Å². The van der Waals surface area contributed by atoms with Crippen LogP contribution in [-0.4, -0.2) is 16.3 Å². The Labute approximate surface area is 54.6 Å². The summed E-state index contributed by atoms with van der Waals surface area (Å²) in [7, 11) is 0. The first-order valence-corrected chi connectivity index (χ1v) is 3.78. The summed E-state index contributed by atoms with van der Waals surface area (Å²) >= 11 is 1.90. The first-order valence-electron chi connectivity index (χ1n) is 2.79. The molecule has 0 aromatic carbocycles. The molecule has 0 fully saturated rings. The molecule has 0 spiro atoms. The first kappa shape index (κ1) is 6.14. The van der Waals surface area contributed by atoms with Crippen LogP contribution in [0.2, 0.25) is 0 Å². The molecule has 0 amide bonds. The van der Waals surface area contributed by atoms with Crippen molar-refractivity contribution in [2.75, 3.05) is 5.75 Å². The van der Waals surface area contributed by atoms with Gasteiger partial charge < -0.3 is 0 Å². The van der Waals surface area contributed by atoms with Crippen LogP contribution in [0.15, 0.2) is 4.99 Å². The summed E-state index contributed by atoms with van der Waals surface area (Å²) in [5.74, 6) is 1.12. The quantitative estimate of drug-likeness (QED) is 0.487. The summed E-state index contributed by atoms with van der Waals surface area (Å²) in [6.07, 6.45) is 0. The topological polar surface area (TPSA) is 12.4 Å². The van der Waals surface area contributed by atoms with E-state index in [1.165, 1.54) is 5.71 Å². The lowest BCUT2D eigenvalue weighted by atomic mass is 10.4. The van der Waals surface area contributed by atoms with Gasteiger partial charge in [-0.1, -0.05) is 0 Å². The zero-order valence-corrected chi connectivity index (χ0v) is 6.38. The van der Waals surface area contributed by atoms with Crippen molar-refractivity contribution in [2.45, 2.75) is 25.6 Å². The Bertz CT molecular complexity index is 126. The number of thioether (sulfide) groups is 1. The molecule has 0 aromatic rings. The third kappa shape index (κ3) is 1.25. The number of nitrogens with zero attached hydrogens (tertiary/aromatic N) is 1. The highest BCUT2D eigenvalue weighted by Crippen LogP contribution is 2.31. The standard InChI is InChI=1S/C6H11NS/c1-5-4-8-6(2,3)7-5/h4H2,1-3H3. The van der Waals surface area contributed by atoms with Crippen molar-refractivity contribution in [2.24, 2.45) is 4.99 Å². The summed E-state index contributed by atoms with van der Waals surface area (Å²) < 4.78 is 0. The molecule has 1 rings (SSSR count). The molecule has 2 heteroatoms. The molecule has 46 valence electrons. The summed E-state index contributed by atoms with van der Waals surface area (Å²) in [5.41, 5.74) is 1.28. The lowest BCUT2D eigenvalue weighted by molar-refractivity contribution is 0.773. The maximum absolute atomic E-state index is 4.40. The van der Waals surface area contributed by atoms with E-state index in [9.17, 15) is 0 Å². The van der Waals surface area contributed by atoms with Crippen LogP contribution in [-0.2, 0) is 0 Å². The number of rotatable bonds is 0. The fourth-order valence-electron chi connectivity index (χ4n) is 0.805. The lowest BCUT2D eigenvalue weighted by Gasteiger charge is -2.09. The van der Waals surface area contributed by atoms with Crippen molar-refractivity contribution in [1.82, 2.24) is 0 Å². The molecular weight excluding hydrogens is 118 g/mol. The van der Waals surface area contributed by atoms with Crippen LogP contribution in [0.25, 0.3) is 0 Å². The Morgan fingerprint density at radius 1 is 1.62 bits per heavy atom. The second-order valence-electron chi connectivity index (χ2n) is 2.58. The van der Waals surface area contributed by atoms with Crippen molar-refractivity contribution < 1.29 is 0 Å². The minimum Gasteiger partial charge on any atom is -0.277 e. The van der Waals surface area contributed by atoms with Crippen molar-refractivity contribution in [3.63, 3.8) is 0 Å². The van der Waals surface area contributed by atoms with Crippen molar-refractivity contribution in [1.29, 1.82) is 0 Å². The predicted molar refractivity (Wildman–Crippen MR) is 39.6 cm³/mol. The molecule has 0 N–H and O–H groups in total. The zero-order chi connectivity index (χ0) is 6.20. The highest BCUT2D eigenvalue weighted by Gasteiger charge is 2.22. The monoisotopic (exact) mass is 129 g/mol. The minimum atomic E-state index is 0.171. The van der Waals surface area contributed by atoms with E-state index in [-0.39, 0.29) is 4.87 Å². The third-order valence-electron chi connectivity index (χ3n) is 1.09. The second kappa shape index (κ2) is 1.76. The van der Waals surface area contributed by atoms with Gasteiger partial charge in [0.15, 0.2) is 0 Å². The maximum Gasteiger partial charge on any atom is 0.100 e. The van der Waals surface area contributed by atoms with E-state index < -0.39 is 0 Å². The Morgan fingerprint density at radius 3 is 2.38 bits per heavy atom. The van der Waals surface area contributed by atoms with E-state index in [0.29, 0.717) is 0 Å². The average Bonchev–Trinajstić information content (AvgIpc) is 1.82. The van der Waals surface area contributed by atoms with E-state index in [4.69, 9.17) is 0 Å². The fourth-order valence-corrected chi connectivity index (χ4v) is 1.65. The molecule has 1 nitrogen and oxygen atoms in total. The van der Waals surface area contributed by atoms with Gasteiger partial charge in [0, 0.05) is 11.5 Å². The number of aliphatic imine (C=N–C) groups is 1. The Balaban J connectivity index is 2.67. The molecule has 1 aliphatic heterocycles. The van der Waals surface area contributed by atoms with Crippen LogP contribution < -0.4 is 0 Å². The SMILES string of the molecule is CC1=NC(C)(C)SC1. The maximum atomic E-state index is 4.40. The van der Waals surface area contributed by atoms with Crippen molar-refractivity contribution in [3.05, 3.63) is 0 Å². The molecule has 1 heterocycles. The number of hydrogen-bond acceptors (Lipinski definition) is 2. The molecule has 1 aliphatic rings. The Kier molecular flexibility index (Phi) is 1.35. The van der Waals surface area contributed by atoms with Gasteiger partial charge in [-0.05, 0) is 20.8 Å². The van der Waals surface area contributed by atoms with Crippen molar-refractivity contribution >= 4 is 17.5 Å². The van der Waals surface area contributed by atoms with E-state index in [2.05, 4.69) is 25.8 Å². The third-order valence-corrected chi connectivity index (χ3v) is 2.45. The van der Waals surface area contributed by atoms with Gasteiger partial charge in [0.05, 0.1) is 0 Å². The molecule has 0 saturated carbocycles. The molecule has 0 radical (unpaired) electrons. The van der Waals surface area contributed by atoms with Gasteiger partial charge >= 0.3 is 0 Å². The van der Waals surface area contributed by atoms with E-state index in [1.807, 2.05) is 11.8 Å². The van der Waals surface area contributed by atoms with E-state index in [0.717, 1.165) is 5.75 Å². The average molecular weight is 129 g/mol. The molecule has 0 aromatic heterocycles. The highest BCUT2D eigenvalue weighted by atomic mass is 32.2. The molecule has 0 atom stereocenters. The van der Waals surface area contributed by atoms with Crippen LogP contribution in [0.5, 0.6) is 0 Å². The van der Waals surface area contributed by atoms with Gasteiger partial charge in [0.2, 0.25) is 0 Å². The van der Waals surface area contributed by atoms with Crippen LogP contribution in [0.3, 0.4) is 0 Å². The Hall–Kier alpha value is 0.0200. The molecule has 0 unspecified atom stereocenters. The highest BCUT2D eigenvalue weighted by molar-refractivity contribution is 8.01. The van der Waals surface area contributed by atoms with Crippen LogP contribution >= 0.6 is 11.8 Å². The summed E-state index contributed by atoms with van der Waals surface area (Å²) in [5, 5.41) is 0. The van der Waals surface area contributed by atoms with Gasteiger partial charge in [-0.2, -0.15) is 0 Å². The van der Waals surface area contributed by atoms with Gasteiger partial charge in [-0.15, -0.1) is 11.8 Å². The zero-order valence-electron chi connectivity index (χ0n) is 5.56. The van der Waals surface area contributed by atoms with Gasteiger partial charge in [-0.3, -0.25) is 4.99 Å². The first-order chi connectivity index (χ1) is 3.60. The Morgan fingerprint density at radius 2 is 2.25 bits per heavy atom. The van der Waals surface area contributed by atoms with Gasteiger partial charge in [-0.25, -0.2) is 0 Å². The summed E-state index contributed by atoms with van der Waals surface area (Å²) in [6.45, 7) is 6.38. The largest absolute Gasteiger partial charge is 0.277 e. The molecule has 0 aliphatic carbocycles. The minimum absolute atomic E-state index is 0.171. The van der Waals surface area contributed by atoms with Crippen LogP contribution in [0.4, 0.5) is 0 Å². The van der Waals surface area contributed by atoms with E-state index >= 15 is 0 Å². The summed E-state index contributed by atoms with van der Waals surface area (Å²) in [4.78, 5) is 4.57. The number of hydrogen-bond donors (Lipinski definition) is 0. The summed E-state index contributed by atoms with van der Waals surface area (Å²) in [6, 6.07) is 0. The normalized spacial score (nSPS) is 25.6. The molecule has 0 saturated heterocycles. The second-order valence-corrected chi connectivity index (χ2v) is 4.16. The fraction of sp³-hybridized carbons (Fsp3) is 0.833. The van der Waals surface area contributed by atoms with Crippen LogP contribution in [0, 0.1) is 0 Å². The van der Waals surface area contributed by atoms with Gasteiger partial charge in [0.1, 0.15) is 4.87 Å².